The average molecular weight is 394 g/mol. The lowest BCUT2D eigenvalue weighted by Gasteiger charge is -2.46. The molecular formula is C19H23NO4S2. The highest BCUT2D eigenvalue weighted by Crippen LogP contribution is 2.40. The fourth-order valence-electron chi connectivity index (χ4n) is 3.69. The number of hydrogen-bond acceptors (Lipinski definition) is 5. The Labute approximate surface area is 158 Å². The van der Waals surface area contributed by atoms with Gasteiger partial charge in [0.25, 0.3) is 0 Å². The van der Waals surface area contributed by atoms with Crippen molar-refractivity contribution in [3.05, 3.63) is 52.2 Å². The Balaban J connectivity index is 1.56. The van der Waals surface area contributed by atoms with Crippen molar-refractivity contribution in [3.8, 4) is 0 Å². The lowest BCUT2D eigenvalue weighted by atomic mass is 9.88. The van der Waals surface area contributed by atoms with E-state index in [0.717, 1.165) is 12.0 Å². The number of hydrogen-bond donors (Lipinski definition) is 0. The number of morpholine rings is 1. The van der Waals surface area contributed by atoms with Crippen molar-refractivity contribution < 1.29 is 17.9 Å². The molecule has 2 atom stereocenters. The predicted octanol–water partition coefficient (Wildman–Crippen LogP) is 3.37. The van der Waals surface area contributed by atoms with Gasteiger partial charge in [-0.3, -0.25) is 0 Å². The van der Waals surface area contributed by atoms with Gasteiger partial charge < -0.3 is 9.47 Å². The van der Waals surface area contributed by atoms with Gasteiger partial charge in [-0.05, 0) is 30.5 Å². The molecule has 5 nitrogen and oxygen atoms in total. The first kappa shape index (κ1) is 18.1. The van der Waals surface area contributed by atoms with E-state index in [-0.39, 0.29) is 6.10 Å². The SMILES string of the molecule is Cc1ccc(S(=O)(=O)N2CCO[C@]3(CCO[C@@H](c4cccs4)C3)C2)cc1. The van der Waals surface area contributed by atoms with Gasteiger partial charge in [0.05, 0.1) is 29.8 Å². The van der Waals surface area contributed by atoms with Gasteiger partial charge in [-0.1, -0.05) is 23.8 Å². The molecule has 2 saturated heterocycles. The molecule has 2 aliphatic heterocycles. The molecule has 4 rings (SSSR count). The molecule has 2 aliphatic rings. The summed E-state index contributed by atoms with van der Waals surface area (Å²) >= 11 is 1.67. The Hall–Kier alpha value is -1.25. The number of rotatable bonds is 3. The van der Waals surface area contributed by atoms with Crippen molar-refractivity contribution in [2.75, 3.05) is 26.3 Å². The van der Waals surface area contributed by atoms with Crippen LogP contribution >= 0.6 is 11.3 Å². The second-order valence-corrected chi connectivity index (χ2v) is 9.93. The third kappa shape index (κ3) is 3.46. The second kappa shape index (κ2) is 7.05. The first-order chi connectivity index (χ1) is 12.5. The Morgan fingerprint density at radius 3 is 2.73 bits per heavy atom. The zero-order valence-electron chi connectivity index (χ0n) is 14.8. The third-order valence-corrected chi connectivity index (χ3v) is 7.99. The molecule has 0 radical (unpaired) electrons. The molecule has 0 bridgehead atoms. The molecule has 1 aromatic heterocycles. The summed E-state index contributed by atoms with van der Waals surface area (Å²) in [7, 11) is -3.51. The van der Waals surface area contributed by atoms with Gasteiger partial charge in [0.1, 0.15) is 0 Å². The minimum absolute atomic E-state index is 0.0224. The van der Waals surface area contributed by atoms with Gasteiger partial charge in [0, 0.05) is 30.8 Å². The monoisotopic (exact) mass is 393 g/mol. The number of aryl methyl sites for hydroxylation is 1. The quantitative estimate of drug-likeness (QED) is 0.802. The van der Waals surface area contributed by atoms with E-state index in [1.807, 2.05) is 30.5 Å². The Kier molecular flexibility index (Phi) is 4.92. The van der Waals surface area contributed by atoms with E-state index in [1.165, 1.54) is 4.88 Å². The predicted molar refractivity (Wildman–Crippen MR) is 101 cm³/mol. The summed E-state index contributed by atoms with van der Waals surface area (Å²) in [6.45, 7) is 3.73. The summed E-state index contributed by atoms with van der Waals surface area (Å²) in [5, 5.41) is 2.04. The first-order valence-corrected chi connectivity index (χ1v) is 11.2. The van der Waals surface area contributed by atoms with E-state index >= 15 is 0 Å². The van der Waals surface area contributed by atoms with E-state index in [4.69, 9.17) is 9.47 Å². The summed E-state index contributed by atoms with van der Waals surface area (Å²) in [6.07, 6.45) is 1.38. The van der Waals surface area contributed by atoms with Crippen LogP contribution in [0, 0.1) is 6.92 Å². The molecule has 2 fully saturated rings. The molecule has 0 saturated carbocycles. The Morgan fingerprint density at radius 2 is 2.00 bits per heavy atom. The van der Waals surface area contributed by atoms with Crippen molar-refractivity contribution in [3.63, 3.8) is 0 Å². The smallest absolute Gasteiger partial charge is 0.243 e. The molecule has 7 heteroatoms. The van der Waals surface area contributed by atoms with Crippen LogP contribution in [0.1, 0.15) is 29.4 Å². The molecule has 2 aromatic rings. The molecule has 140 valence electrons. The molecule has 1 aromatic carbocycles. The Bertz CT molecular complexity index is 844. The van der Waals surface area contributed by atoms with Crippen molar-refractivity contribution in [2.24, 2.45) is 0 Å². The summed E-state index contributed by atoms with van der Waals surface area (Å²) in [5.74, 6) is 0. The third-order valence-electron chi connectivity index (χ3n) is 5.17. The van der Waals surface area contributed by atoms with Crippen LogP contribution in [0.4, 0.5) is 0 Å². The molecule has 0 aliphatic carbocycles. The van der Waals surface area contributed by atoms with E-state index < -0.39 is 15.6 Å². The van der Waals surface area contributed by atoms with Crippen LogP contribution in [0.2, 0.25) is 0 Å². The average Bonchev–Trinajstić information content (AvgIpc) is 3.17. The zero-order valence-corrected chi connectivity index (χ0v) is 16.4. The minimum atomic E-state index is -3.51. The molecule has 1 spiro atoms. The highest BCUT2D eigenvalue weighted by molar-refractivity contribution is 7.89. The van der Waals surface area contributed by atoms with Crippen molar-refractivity contribution in [2.45, 2.75) is 36.4 Å². The Morgan fingerprint density at radius 1 is 1.19 bits per heavy atom. The summed E-state index contributed by atoms with van der Waals surface area (Å²) in [4.78, 5) is 1.52. The van der Waals surface area contributed by atoms with Gasteiger partial charge in [0.2, 0.25) is 10.0 Å². The number of ether oxygens (including phenoxy) is 2. The topological polar surface area (TPSA) is 55.8 Å². The fourth-order valence-corrected chi connectivity index (χ4v) is 5.97. The van der Waals surface area contributed by atoms with Gasteiger partial charge in [0.15, 0.2) is 0 Å². The van der Waals surface area contributed by atoms with Gasteiger partial charge in [-0.15, -0.1) is 11.3 Å². The molecule has 0 N–H and O–H groups in total. The fraction of sp³-hybridized carbons (Fsp3) is 0.474. The lowest BCUT2D eigenvalue weighted by molar-refractivity contribution is -0.162. The number of benzene rings is 1. The standard InChI is InChI=1S/C19H23NO4S2/c1-15-4-6-16(7-5-15)26(21,22)20-9-11-24-19(14-20)8-10-23-17(13-19)18-3-2-12-25-18/h2-7,12,17H,8-11,13-14H2,1H3/t17-,19+/m1/s1. The molecule has 26 heavy (non-hydrogen) atoms. The van der Waals surface area contributed by atoms with Crippen LogP contribution in [0.15, 0.2) is 46.7 Å². The van der Waals surface area contributed by atoms with Crippen molar-refractivity contribution in [1.82, 2.24) is 4.31 Å². The van der Waals surface area contributed by atoms with E-state index in [2.05, 4.69) is 6.07 Å². The minimum Gasteiger partial charge on any atom is -0.372 e. The van der Waals surface area contributed by atoms with Crippen LogP contribution in [0.5, 0.6) is 0 Å². The summed E-state index contributed by atoms with van der Waals surface area (Å²) < 4.78 is 39.8. The van der Waals surface area contributed by atoms with Gasteiger partial charge >= 0.3 is 0 Å². The maximum absolute atomic E-state index is 13.1. The maximum atomic E-state index is 13.1. The highest BCUT2D eigenvalue weighted by atomic mass is 32.2. The van der Waals surface area contributed by atoms with Crippen LogP contribution in [0.3, 0.4) is 0 Å². The number of nitrogens with zero attached hydrogens (tertiary/aromatic N) is 1. The van der Waals surface area contributed by atoms with Crippen LogP contribution < -0.4 is 0 Å². The number of sulfonamides is 1. The van der Waals surface area contributed by atoms with E-state index in [9.17, 15) is 8.42 Å². The normalized spacial score (nSPS) is 27.7. The summed E-state index contributed by atoms with van der Waals surface area (Å²) in [6, 6.07) is 11.1. The van der Waals surface area contributed by atoms with Crippen molar-refractivity contribution >= 4 is 21.4 Å². The van der Waals surface area contributed by atoms with Crippen LogP contribution in [-0.2, 0) is 19.5 Å². The largest absolute Gasteiger partial charge is 0.372 e. The molecule has 0 amide bonds. The molecular weight excluding hydrogens is 370 g/mol. The van der Waals surface area contributed by atoms with Crippen LogP contribution in [0.25, 0.3) is 0 Å². The van der Waals surface area contributed by atoms with E-state index in [0.29, 0.717) is 37.6 Å². The summed E-state index contributed by atoms with van der Waals surface area (Å²) in [5.41, 5.74) is 0.578. The molecule has 0 unspecified atom stereocenters. The maximum Gasteiger partial charge on any atom is 0.243 e. The zero-order chi connectivity index (χ0) is 18.2. The molecule has 3 heterocycles. The van der Waals surface area contributed by atoms with Crippen molar-refractivity contribution in [1.29, 1.82) is 0 Å². The van der Waals surface area contributed by atoms with Crippen LogP contribution in [-0.4, -0.2) is 44.6 Å². The van der Waals surface area contributed by atoms with Gasteiger partial charge in [-0.25, -0.2) is 8.42 Å². The van der Waals surface area contributed by atoms with E-state index in [1.54, 1.807) is 27.8 Å². The second-order valence-electron chi connectivity index (χ2n) is 7.01. The first-order valence-electron chi connectivity index (χ1n) is 8.84. The van der Waals surface area contributed by atoms with Gasteiger partial charge in [-0.2, -0.15) is 4.31 Å². The lowest BCUT2D eigenvalue weighted by Crippen LogP contribution is -2.56. The highest BCUT2D eigenvalue weighted by Gasteiger charge is 2.45. The number of thiophene rings is 1.